The van der Waals surface area contributed by atoms with E-state index in [1.165, 1.54) is 29.2 Å². The first kappa shape index (κ1) is 21.6. The van der Waals surface area contributed by atoms with Crippen LogP contribution in [0.4, 0.5) is 13.2 Å². The summed E-state index contributed by atoms with van der Waals surface area (Å²) in [6, 6.07) is 14.2. The van der Waals surface area contributed by atoms with Crippen molar-refractivity contribution in [3.63, 3.8) is 0 Å². The van der Waals surface area contributed by atoms with Crippen LogP contribution in [0.3, 0.4) is 0 Å². The summed E-state index contributed by atoms with van der Waals surface area (Å²) in [5.41, 5.74) is -2.46. The fourth-order valence-corrected chi connectivity index (χ4v) is 3.54. The number of amides is 1. The Morgan fingerprint density at radius 2 is 1.55 bits per heavy atom. The molecule has 2 aromatic carbocycles. The highest BCUT2D eigenvalue weighted by atomic mass is 35.5. The van der Waals surface area contributed by atoms with Crippen molar-refractivity contribution in [1.82, 2.24) is 9.80 Å². The van der Waals surface area contributed by atoms with Crippen molar-refractivity contribution in [1.29, 1.82) is 0 Å². The number of aliphatic hydroxyl groups is 1. The number of benzene rings is 2. The van der Waals surface area contributed by atoms with Crippen molar-refractivity contribution in [3.8, 4) is 0 Å². The number of carbonyl (C=O) groups is 1. The van der Waals surface area contributed by atoms with Gasteiger partial charge in [-0.2, -0.15) is 13.2 Å². The molecule has 1 amide bonds. The van der Waals surface area contributed by atoms with Crippen LogP contribution in [0.15, 0.2) is 54.6 Å². The molecule has 4 nitrogen and oxygen atoms in total. The molecule has 156 valence electrons. The highest BCUT2D eigenvalue weighted by Gasteiger charge is 2.56. The van der Waals surface area contributed by atoms with Gasteiger partial charge in [0.05, 0.1) is 6.42 Å². The minimum atomic E-state index is -4.96. The van der Waals surface area contributed by atoms with Gasteiger partial charge in [0.1, 0.15) is 0 Å². The molecule has 0 spiro atoms. The SMILES string of the molecule is O=C(C[C@@](O)(c1ccccc1)C(F)(F)F)N1CCN(Cc2ccc(Cl)cc2)CC1. The van der Waals surface area contributed by atoms with Crippen molar-refractivity contribution in [2.45, 2.75) is 24.7 Å². The smallest absolute Gasteiger partial charge is 0.376 e. The molecular formula is C21H22ClF3N2O2. The average molecular weight is 427 g/mol. The van der Waals surface area contributed by atoms with Gasteiger partial charge >= 0.3 is 6.18 Å². The summed E-state index contributed by atoms with van der Waals surface area (Å²) in [6.45, 7) is 2.40. The van der Waals surface area contributed by atoms with E-state index in [0.717, 1.165) is 5.56 Å². The van der Waals surface area contributed by atoms with Crippen molar-refractivity contribution in [2.75, 3.05) is 26.2 Å². The zero-order valence-corrected chi connectivity index (χ0v) is 16.5. The molecule has 0 aromatic heterocycles. The van der Waals surface area contributed by atoms with Crippen molar-refractivity contribution < 1.29 is 23.1 Å². The van der Waals surface area contributed by atoms with E-state index in [2.05, 4.69) is 4.90 Å². The van der Waals surface area contributed by atoms with Crippen LogP contribution >= 0.6 is 11.6 Å². The molecule has 2 aromatic rings. The number of nitrogens with zero attached hydrogens (tertiary/aromatic N) is 2. The lowest BCUT2D eigenvalue weighted by Crippen LogP contribution is -2.52. The summed E-state index contributed by atoms with van der Waals surface area (Å²) < 4.78 is 40.8. The summed E-state index contributed by atoms with van der Waals surface area (Å²) in [7, 11) is 0. The Kier molecular flexibility index (Phi) is 6.51. The molecule has 1 aliphatic rings. The number of alkyl halides is 3. The third-order valence-corrected chi connectivity index (χ3v) is 5.42. The van der Waals surface area contributed by atoms with E-state index >= 15 is 0 Å². The predicted octanol–water partition coefficient (Wildman–Crippen LogP) is 3.82. The molecule has 1 fully saturated rings. The largest absolute Gasteiger partial charge is 0.421 e. The molecule has 1 N–H and O–H groups in total. The quantitative estimate of drug-likeness (QED) is 0.790. The summed E-state index contributed by atoms with van der Waals surface area (Å²) in [4.78, 5) is 16.1. The number of hydrogen-bond donors (Lipinski definition) is 1. The maximum Gasteiger partial charge on any atom is 0.421 e. The van der Waals surface area contributed by atoms with Gasteiger partial charge in [-0.1, -0.05) is 54.1 Å². The molecule has 8 heteroatoms. The Morgan fingerprint density at radius 3 is 2.10 bits per heavy atom. The summed E-state index contributed by atoms with van der Waals surface area (Å²) >= 11 is 5.88. The van der Waals surface area contributed by atoms with Gasteiger partial charge in [0.2, 0.25) is 5.91 Å². The van der Waals surface area contributed by atoms with E-state index in [1.807, 2.05) is 12.1 Å². The standard InChI is InChI=1S/C21H22ClF3N2O2/c22-18-8-6-16(7-9-18)15-26-10-12-27(13-11-26)19(28)14-20(29,21(23,24)25)17-4-2-1-3-5-17/h1-9,29H,10-15H2/t20-/m1/s1. The highest BCUT2D eigenvalue weighted by Crippen LogP contribution is 2.42. The number of halogens is 4. The summed E-state index contributed by atoms with van der Waals surface area (Å²) in [5, 5.41) is 11.0. The molecule has 3 rings (SSSR count). The lowest BCUT2D eigenvalue weighted by molar-refractivity contribution is -0.268. The minimum Gasteiger partial charge on any atom is -0.376 e. The molecule has 1 aliphatic heterocycles. The molecule has 29 heavy (non-hydrogen) atoms. The van der Waals surface area contributed by atoms with Crippen molar-refractivity contribution in [3.05, 3.63) is 70.7 Å². The molecule has 1 heterocycles. The monoisotopic (exact) mass is 426 g/mol. The van der Waals surface area contributed by atoms with Crippen LogP contribution in [-0.4, -0.2) is 53.2 Å². The zero-order valence-electron chi connectivity index (χ0n) is 15.7. The second-order valence-corrected chi connectivity index (χ2v) is 7.62. The average Bonchev–Trinajstić information content (AvgIpc) is 2.70. The topological polar surface area (TPSA) is 43.8 Å². The Labute approximate surface area is 172 Å². The first-order valence-corrected chi connectivity index (χ1v) is 9.66. The second kappa shape index (κ2) is 8.73. The molecule has 1 atom stereocenters. The Morgan fingerprint density at radius 1 is 0.966 bits per heavy atom. The van der Waals surface area contributed by atoms with Crippen LogP contribution < -0.4 is 0 Å². The Hall–Kier alpha value is -2.09. The number of rotatable bonds is 5. The van der Waals surface area contributed by atoms with E-state index in [1.54, 1.807) is 18.2 Å². The first-order valence-electron chi connectivity index (χ1n) is 9.28. The van der Waals surface area contributed by atoms with Crippen LogP contribution in [0.2, 0.25) is 5.02 Å². The van der Waals surface area contributed by atoms with Gasteiger partial charge in [-0.05, 0) is 23.3 Å². The summed E-state index contributed by atoms with van der Waals surface area (Å²) in [6.07, 6.45) is -5.99. The van der Waals surface area contributed by atoms with Gasteiger partial charge in [0, 0.05) is 37.7 Å². The number of hydrogen-bond acceptors (Lipinski definition) is 3. The molecule has 1 saturated heterocycles. The number of carbonyl (C=O) groups excluding carboxylic acids is 1. The normalized spacial score (nSPS) is 17.8. The van der Waals surface area contributed by atoms with Gasteiger partial charge < -0.3 is 10.0 Å². The van der Waals surface area contributed by atoms with Crippen molar-refractivity contribution in [2.24, 2.45) is 0 Å². The van der Waals surface area contributed by atoms with Gasteiger partial charge in [0.15, 0.2) is 5.60 Å². The first-order chi connectivity index (χ1) is 13.7. The second-order valence-electron chi connectivity index (χ2n) is 7.18. The lowest BCUT2D eigenvalue weighted by atomic mass is 9.89. The molecule has 0 unspecified atom stereocenters. The Bertz CT molecular complexity index is 822. The third kappa shape index (κ3) is 5.10. The Balaban J connectivity index is 1.61. The van der Waals surface area contributed by atoms with Crippen LogP contribution in [0.5, 0.6) is 0 Å². The fraction of sp³-hybridized carbons (Fsp3) is 0.381. The summed E-state index contributed by atoms with van der Waals surface area (Å²) in [5.74, 6) is -0.708. The maximum atomic E-state index is 13.6. The minimum absolute atomic E-state index is 0.315. The molecule has 0 aliphatic carbocycles. The van der Waals surface area contributed by atoms with E-state index in [9.17, 15) is 23.1 Å². The fourth-order valence-electron chi connectivity index (χ4n) is 3.41. The predicted molar refractivity (Wildman–Crippen MR) is 104 cm³/mol. The van der Waals surface area contributed by atoms with E-state index < -0.39 is 24.1 Å². The van der Waals surface area contributed by atoms with Crippen LogP contribution in [-0.2, 0) is 16.9 Å². The maximum absolute atomic E-state index is 13.6. The number of piperazine rings is 1. The van der Waals surface area contributed by atoms with E-state index in [4.69, 9.17) is 11.6 Å². The van der Waals surface area contributed by atoms with E-state index in [-0.39, 0.29) is 5.56 Å². The van der Waals surface area contributed by atoms with Crippen molar-refractivity contribution >= 4 is 17.5 Å². The van der Waals surface area contributed by atoms with Crippen LogP contribution in [0.25, 0.3) is 0 Å². The van der Waals surface area contributed by atoms with Gasteiger partial charge in [-0.3, -0.25) is 9.69 Å². The molecule has 0 saturated carbocycles. The molecule has 0 bridgehead atoms. The third-order valence-electron chi connectivity index (χ3n) is 5.17. The van der Waals surface area contributed by atoms with Crippen LogP contribution in [0.1, 0.15) is 17.5 Å². The van der Waals surface area contributed by atoms with E-state index in [0.29, 0.717) is 37.7 Å². The van der Waals surface area contributed by atoms with Gasteiger partial charge in [-0.25, -0.2) is 0 Å². The zero-order chi connectivity index (χ0) is 21.1. The van der Waals surface area contributed by atoms with Gasteiger partial charge in [0.25, 0.3) is 0 Å². The highest BCUT2D eigenvalue weighted by molar-refractivity contribution is 6.30. The lowest BCUT2D eigenvalue weighted by Gasteiger charge is -2.37. The molecule has 0 radical (unpaired) electrons. The molecular weight excluding hydrogens is 405 g/mol. The van der Waals surface area contributed by atoms with Gasteiger partial charge in [-0.15, -0.1) is 0 Å². The van der Waals surface area contributed by atoms with Crippen LogP contribution in [0, 0.1) is 0 Å².